The van der Waals surface area contributed by atoms with Gasteiger partial charge in [0.2, 0.25) is 0 Å². The summed E-state index contributed by atoms with van der Waals surface area (Å²) in [7, 11) is 0. The first-order chi connectivity index (χ1) is 25.2. The van der Waals surface area contributed by atoms with Crippen molar-refractivity contribution < 1.29 is 57.1 Å². The first kappa shape index (κ1) is 41.9. The average Bonchev–Trinajstić information content (AvgIpc) is 3.94. The van der Waals surface area contributed by atoms with Gasteiger partial charge in [0.15, 0.2) is 0 Å². The molecule has 12 nitrogen and oxygen atoms in total. The quantitative estimate of drug-likeness (QED) is 0.216. The molecule has 0 radical (unpaired) electrons. The lowest BCUT2D eigenvalue weighted by Crippen LogP contribution is -2.34. The van der Waals surface area contributed by atoms with Crippen LogP contribution >= 0.6 is 0 Å². The van der Waals surface area contributed by atoms with E-state index in [1.807, 2.05) is 55.4 Å². The summed E-state index contributed by atoms with van der Waals surface area (Å²) in [6.07, 6.45) is 5.97. The first-order valence-electron chi connectivity index (χ1n) is 20.6. The molecular formula is C41H66O12. The molecule has 0 unspecified atom stereocenters. The van der Waals surface area contributed by atoms with Gasteiger partial charge in [-0.15, -0.1) is 0 Å². The predicted molar refractivity (Wildman–Crippen MR) is 194 cm³/mol. The Morgan fingerprint density at radius 2 is 0.660 bits per heavy atom. The topological polar surface area (TPSA) is 142 Å². The molecule has 0 aromatic rings. The number of carbonyl (C=O) groups is 4. The van der Waals surface area contributed by atoms with Gasteiger partial charge in [-0.3, -0.25) is 19.2 Å². The van der Waals surface area contributed by atoms with Crippen LogP contribution in [0, 0.1) is 23.7 Å². The van der Waals surface area contributed by atoms with Gasteiger partial charge in [0.05, 0.1) is 72.5 Å². The largest absolute Gasteiger partial charge is 0.462 e. The second-order valence-corrected chi connectivity index (χ2v) is 16.8. The van der Waals surface area contributed by atoms with Gasteiger partial charge < -0.3 is 37.9 Å². The van der Waals surface area contributed by atoms with Crippen LogP contribution in [0.5, 0.6) is 0 Å². The van der Waals surface area contributed by atoms with E-state index in [1.54, 1.807) is 0 Å². The number of hydrogen-bond donors (Lipinski definition) is 0. The molecule has 5 fully saturated rings. The summed E-state index contributed by atoms with van der Waals surface area (Å²) >= 11 is 0. The Morgan fingerprint density at radius 3 is 0.943 bits per heavy atom. The third kappa shape index (κ3) is 11.4. The molecule has 0 saturated carbocycles. The maximum Gasteiger partial charge on any atom is 0.311 e. The Bertz CT molecular complexity index is 1240. The molecule has 0 spiro atoms. The van der Waals surface area contributed by atoms with E-state index < -0.39 is 23.7 Å². The molecular weight excluding hydrogens is 684 g/mol. The molecule has 302 valence electrons. The van der Waals surface area contributed by atoms with Crippen LogP contribution in [-0.2, 0) is 57.1 Å². The van der Waals surface area contributed by atoms with Crippen LogP contribution in [-0.4, -0.2) is 97.1 Å². The number of rotatable bonds is 1. The van der Waals surface area contributed by atoms with Gasteiger partial charge in [-0.2, -0.15) is 0 Å². The van der Waals surface area contributed by atoms with E-state index >= 15 is 0 Å². The lowest BCUT2D eigenvalue weighted by molar-refractivity contribution is -0.161. The molecule has 0 aliphatic carbocycles. The SMILES string of the molecule is CC[C@H]1C[C@@H]2CC[C@@H](O2)[C@@H](C)C(=O)O[C@H](C)C[C@H]2CC[C@H](O2)[C@H](C)C(=O)O[C@@H](C)C[C@@H]2CC[C@@H](O2)[C@@H](C)C(=O)O[C@H](C)C[C@H]2CC[C@H](O2)[C@H](C)C(=O)O1. The van der Waals surface area contributed by atoms with Crippen LogP contribution < -0.4 is 0 Å². The summed E-state index contributed by atoms with van der Waals surface area (Å²) < 4.78 is 48.7. The van der Waals surface area contributed by atoms with E-state index in [0.29, 0.717) is 32.1 Å². The van der Waals surface area contributed by atoms with Crippen LogP contribution in [0.15, 0.2) is 0 Å². The van der Waals surface area contributed by atoms with Crippen molar-refractivity contribution in [1.82, 2.24) is 0 Å². The minimum absolute atomic E-state index is 0.115. The summed E-state index contributed by atoms with van der Waals surface area (Å²) in [5.41, 5.74) is 0. The van der Waals surface area contributed by atoms with E-state index in [2.05, 4.69) is 0 Å². The molecule has 12 heteroatoms. The Hall–Kier alpha value is -2.28. The van der Waals surface area contributed by atoms with Crippen LogP contribution in [0.25, 0.3) is 0 Å². The van der Waals surface area contributed by atoms with E-state index in [4.69, 9.17) is 37.9 Å². The molecule has 8 bridgehead atoms. The molecule has 5 saturated heterocycles. The van der Waals surface area contributed by atoms with Crippen molar-refractivity contribution in [3.8, 4) is 0 Å². The highest BCUT2D eigenvalue weighted by Gasteiger charge is 2.41. The first-order valence-corrected chi connectivity index (χ1v) is 20.6. The zero-order valence-corrected chi connectivity index (χ0v) is 33.3. The Kier molecular flexibility index (Phi) is 15.0. The van der Waals surface area contributed by atoms with Gasteiger partial charge in [0, 0.05) is 25.7 Å². The standard InChI is InChI=1S/C41H66O12/c1-9-29-21-33-13-17-36(52-33)27(7)40(44)48-23(3)19-31-11-15-34(50-31)25(5)38(42)46-22(2)18-30-10-14-35(49-30)26(6)39(43)47-24(4)20-32-12-16-37(51-32)28(8)41(45)53-29/h22-37H,9-21H2,1-8H3/t22-,23+,24+,25-,26+,27+,28-,29-,30-,31+,32+,33-,34-,35+,36+,37-/m0/s1. The van der Waals surface area contributed by atoms with Gasteiger partial charge in [0.25, 0.3) is 0 Å². The van der Waals surface area contributed by atoms with Gasteiger partial charge in [-0.1, -0.05) is 6.92 Å². The van der Waals surface area contributed by atoms with Gasteiger partial charge in [-0.25, -0.2) is 0 Å². The Balaban J connectivity index is 1.21. The molecule has 5 rings (SSSR count). The minimum atomic E-state index is -0.435. The number of ether oxygens (including phenoxy) is 8. The maximum atomic E-state index is 13.3. The minimum Gasteiger partial charge on any atom is -0.462 e. The fourth-order valence-corrected chi connectivity index (χ4v) is 8.74. The lowest BCUT2D eigenvalue weighted by atomic mass is 10.00. The third-order valence-electron chi connectivity index (χ3n) is 12.3. The van der Waals surface area contributed by atoms with Crippen LogP contribution in [0.2, 0.25) is 0 Å². The van der Waals surface area contributed by atoms with E-state index in [9.17, 15) is 19.2 Å². The predicted octanol–water partition coefficient (Wildman–Crippen LogP) is 6.41. The smallest absolute Gasteiger partial charge is 0.311 e. The van der Waals surface area contributed by atoms with E-state index in [0.717, 1.165) is 51.4 Å². The monoisotopic (exact) mass is 750 g/mol. The molecule has 5 aliphatic heterocycles. The van der Waals surface area contributed by atoms with Crippen LogP contribution in [0.4, 0.5) is 0 Å². The molecule has 5 aliphatic rings. The van der Waals surface area contributed by atoms with E-state index in [1.165, 1.54) is 0 Å². The van der Waals surface area contributed by atoms with Crippen molar-refractivity contribution in [3.05, 3.63) is 0 Å². The van der Waals surface area contributed by atoms with E-state index in [-0.39, 0.29) is 97.1 Å². The summed E-state index contributed by atoms with van der Waals surface area (Å²) in [4.78, 5) is 52.7. The normalized spacial score (nSPS) is 44.6. The number of carbonyl (C=O) groups excluding carboxylic acids is 4. The van der Waals surface area contributed by atoms with Crippen molar-refractivity contribution >= 4 is 23.9 Å². The lowest BCUT2D eigenvalue weighted by Gasteiger charge is -2.26. The van der Waals surface area contributed by atoms with Crippen molar-refractivity contribution in [2.24, 2.45) is 23.7 Å². The Labute approximate surface area is 316 Å². The van der Waals surface area contributed by atoms with Crippen molar-refractivity contribution in [1.29, 1.82) is 0 Å². The number of cyclic esters (lactones) is 4. The molecule has 5 heterocycles. The molecule has 0 N–H and O–H groups in total. The molecule has 16 atom stereocenters. The highest BCUT2D eigenvalue weighted by molar-refractivity contribution is 5.74. The number of esters is 4. The average molecular weight is 751 g/mol. The number of fused-ring (bicyclic) bond motifs is 8. The van der Waals surface area contributed by atoms with Crippen molar-refractivity contribution in [3.63, 3.8) is 0 Å². The molecule has 53 heavy (non-hydrogen) atoms. The number of hydrogen-bond acceptors (Lipinski definition) is 12. The molecule has 0 aromatic carbocycles. The Morgan fingerprint density at radius 1 is 0.396 bits per heavy atom. The zero-order valence-electron chi connectivity index (χ0n) is 33.3. The fourth-order valence-electron chi connectivity index (χ4n) is 8.74. The fraction of sp³-hybridized carbons (Fsp3) is 0.902. The highest BCUT2D eigenvalue weighted by atomic mass is 16.6. The summed E-state index contributed by atoms with van der Waals surface area (Å²) in [6.45, 7) is 15.0. The summed E-state index contributed by atoms with van der Waals surface area (Å²) in [6, 6.07) is 0. The van der Waals surface area contributed by atoms with Crippen LogP contribution in [0.1, 0.15) is 139 Å². The molecule has 0 aromatic heterocycles. The molecule has 0 amide bonds. The summed E-state index contributed by atoms with van der Waals surface area (Å²) in [5.74, 6) is -2.91. The summed E-state index contributed by atoms with van der Waals surface area (Å²) in [5, 5.41) is 0. The van der Waals surface area contributed by atoms with Crippen molar-refractivity contribution in [2.75, 3.05) is 0 Å². The second-order valence-electron chi connectivity index (χ2n) is 16.8. The van der Waals surface area contributed by atoms with Crippen molar-refractivity contribution in [2.45, 2.75) is 212 Å². The van der Waals surface area contributed by atoms with Crippen LogP contribution in [0.3, 0.4) is 0 Å². The third-order valence-corrected chi connectivity index (χ3v) is 12.3. The van der Waals surface area contributed by atoms with Gasteiger partial charge in [0.1, 0.15) is 24.4 Å². The van der Waals surface area contributed by atoms with Gasteiger partial charge in [-0.05, 0) is 106 Å². The highest BCUT2D eigenvalue weighted by Crippen LogP contribution is 2.35. The second kappa shape index (κ2) is 19.0. The maximum absolute atomic E-state index is 13.3. The zero-order chi connectivity index (χ0) is 38.4. The van der Waals surface area contributed by atoms with Gasteiger partial charge >= 0.3 is 23.9 Å².